The van der Waals surface area contributed by atoms with Gasteiger partial charge in [0.25, 0.3) is 0 Å². The van der Waals surface area contributed by atoms with Crippen molar-refractivity contribution in [1.29, 1.82) is 0 Å². The minimum Gasteiger partial charge on any atom is -0.345 e. The Bertz CT molecular complexity index is 250. The summed E-state index contributed by atoms with van der Waals surface area (Å²) in [6, 6.07) is 0.250. The van der Waals surface area contributed by atoms with Crippen LogP contribution in [0.1, 0.15) is 44.9 Å². The number of hydrogen-bond donors (Lipinski definition) is 1. The molecule has 0 aromatic rings. The third kappa shape index (κ3) is 2.76. The van der Waals surface area contributed by atoms with Gasteiger partial charge in [-0.3, -0.25) is 4.79 Å². The fourth-order valence-electron chi connectivity index (χ4n) is 2.92. The molecular formula is C13H24N2O. The van der Waals surface area contributed by atoms with Crippen molar-refractivity contribution < 1.29 is 4.79 Å². The van der Waals surface area contributed by atoms with Gasteiger partial charge in [0.15, 0.2) is 0 Å². The molecule has 92 valence electrons. The molecule has 2 fully saturated rings. The van der Waals surface area contributed by atoms with Gasteiger partial charge in [0, 0.05) is 25.6 Å². The van der Waals surface area contributed by atoms with Crippen molar-refractivity contribution in [2.24, 2.45) is 17.6 Å². The normalized spacial score (nSPS) is 30.9. The first-order valence-electron chi connectivity index (χ1n) is 6.67. The van der Waals surface area contributed by atoms with Crippen molar-refractivity contribution in [2.75, 3.05) is 13.6 Å². The molecule has 1 amide bonds. The number of carbonyl (C=O) groups excluding carboxylic acids is 1. The summed E-state index contributed by atoms with van der Waals surface area (Å²) in [5.74, 6) is 1.31. The zero-order valence-electron chi connectivity index (χ0n) is 10.3. The van der Waals surface area contributed by atoms with E-state index in [0.717, 1.165) is 38.1 Å². The third-order valence-electron chi connectivity index (χ3n) is 4.20. The molecular weight excluding hydrogens is 200 g/mol. The predicted molar refractivity (Wildman–Crippen MR) is 64.9 cm³/mol. The molecule has 2 atom stereocenters. The van der Waals surface area contributed by atoms with Crippen molar-refractivity contribution in [3.05, 3.63) is 0 Å². The van der Waals surface area contributed by atoms with E-state index in [9.17, 15) is 4.79 Å². The van der Waals surface area contributed by atoms with E-state index in [1.165, 1.54) is 19.3 Å². The summed E-state index contributed by atoms with van der Waals surface area (Å²) in [5.41, 5.74) is 5.93. The fourth-order valence-corrected chi connectivity index (χ4v) is 2.92. The van der Waals surface area contributed by atoms with Crippen LogP contribution in [0.25, 0.3) is 0 Å². The largest absolute Gasteiger partial charge is 0.345 e. The van der Waals surface area contributed by atoms with Gasteiger partial charge in [0.1, 0.15) is 0 Å². The summed E-state index contributed by atoms with van der Waals surface area (Å²) in [6.45, 7) is 0.963. The zero-order chi connectivity index (χ0) is 11.5. The summed E-state index contributed by atoms with van der Waals surface area (Å²) in [6.07, 6.45) is 8.12. The average Bonchev–Trinajstić information content (AvgIpc) is 2.22. The lowest BCUT2D eigenvalue weighted by Gasteiger charge is -2.34. The molecule has 3 heteroatoms. The van der Waals surface area contributed by atoms with Crippen molar-refractivity contribution in [3.8, 4) is 0 Å². The van der Waals surface area contributed by atoms with E-state index < -0.39 is 0 Å². The summed E-state index contributed by atoms with van der Waals surface area (Å²) in [7, 11) is 1.96. The molecule has 2 rings (SSSR count). The maximum atomic E-state index is 12.2. The number of amides is 1. The first-order chi connectivity index (χ1) is 7.66. The second-order valence-corrected chi connectivity index (χ2v) is 5.64. The minimum atomic E-state index is 0.203. The number of carbonyl (C=O) groups is 1. The van der Waals surface area contributed by atoms with E-state index in [1.54, 1.807) is 0 Å². The molecule has 0 spiro atoms. The number of rotatable bonds is 3. The second kappa shape index (κ2) is 5.17. The lowest BCUT2D eigenvalue weighted by atomic mass is 9.83. The van der Waals surface area contributed by atoms with E-state index in [2.05, 4.69) is 0 Å². The Morgan fingerprint density at radius 2 is 1.94 bits per heavy atom. The number of nitrogens with zero attached hydrogens (tertiary/aromatic N) is 1. The van der Waals surface area contributed by atoms with Crippen molar-refractivity contribution in [2.45, 2.75) is 51.0 Å². The van der Waals surface area contributed by atoms with Crippen LogP contribution in [0.4, 0.5) is 0 Å². The first kappa shape index (κ1) is 11.9. The van der Waals surface area contributed by atoms with Gasteiger partial charge in [-0.25, -0.2) is 0 Å². The van der Waals surface area contributed by atoms with Gasteiger partial charge < -0.3 is 10.6 Å². The topological polar surface area (TPSA) is 46.3 Å². The summed E-state index contributed by atoms with van der Waals surface area (Å²) < 4.78 is 0. The third-order valence-corrected chi connectivity index (χ3v) is 4.20. The maximum Gasteiger partial charge on any atom is 0.225 e. The van der Waals surface area contributed by atoms with E-state index in [1.807, 2.05) is 11.9 Å². The van der Waals surface area contributed by atoms with Gasteiger partial charge in [-0.1, -0.05) is 12.8 Å². The molecule has 0 aliphatic heterocycles. The van der Waals surface area contributed by atoms with Crippen molar-refractivity contribution in [1.82, 2.24) is 4.90 Å². The molecule has 2 saturated carbocycles. The van der Waals surface area contributed by atoms with Crippen LogP contribution in [-0.2, 0) is 4.79 Å². The highest BCUT2D eigenvalue weighted by molar-refractivity contribution is 5.78. The Morgan fingerprint density at radius 1 is 1.25 bits per heavy atom. The van der Waals surface area contributed by atoms with Crippen LogP contribution in [-0.4, -0.2) is 30.4 Å². The van der Waals surface area contributed by atoms with Gasteiger partial charge in [0.05, 0.1) is 0 Å². The van der Waals surface area contributed by atoms with E-state index in [4.69, 9.17) is 5.73 Å². The van der Waals surface area contributed by atoms with Crippen molar-refractivity contribution >= 4 is 5.91 Å². The quantitative estimate of drug-likeness (QED) is 0.794. The first-order valence-corrected chi connectivity index (χ1v) is 6.67. The van der Waals surface area contributed by atoms with Gasteiger partial charge in [-0.15, -0.1) is 0 Å². The summed E-state index contributed by atoms with van der Waals surface area (Å²) >= 11 is 0. The summed E-state index contributed by atoms with van der Waals surface area (Å²) in [5, 5.41) is 0. The summed E-state index contributed by atoms with van der Waals surface area (Å²) in [4.78, 5) is 14.1. The minimum absolute atomic E-state index is 0.203. The van der Waals surface area contributed by atoms with Gasteiger partial charge in [-0.05, 0) is 38.0 Å². The zero-order valence-corrected chi connectivity index (χ0v) is 10.3. The van der Waals surface area contributed by atoms with Crippen LogP contribution < -0.4 is 5.73 Å². The lowest BCUT2D eigenvalue weighted by Crippen LogP contribution is -2.41. The van der Waals surface area contributed by atoms with Crippen LogP contribution in [0.15, 0.2) is 0 Å². The fraction of sp³-hybridized carbons (Fsp3) is 0.923. The Balaban J connectivity index is 1.80. The van der Waals surface area contributed by atoms with Crippen LogP contribution in [0, 0.1) is 11.8 Å². The smallest absolute Gasteiger partial charge is 0.225 e. The maximum absolute atomic E-state index is 12.2. The van der Waals surface area contributed by atoms with Crippen molar-refractivity contribution in [3.63, 3.8) is 0 Å². The highest BCUT2D eigenvalue weighted by Crippen LogP contribution is 2.29. The molecule has 0 bridgehead atoms. The average molecular weight is 224 g/mol. The molecule has 16 heavy (non-hydrogen) atoms. The Morgan fingerprint density at radius 3 is 2.50 bits per heavy atom. The molecule has 0 radical (unpaired) electrons. The Hall–Kier alpha value is -0.570. The number of hydrogen-bond acceptors (Lipinski definition) is 2. The van der Waals surface area contributed by atoms with Gasteiger partial charge in [0.2, 0.25) is 5.91 Å². The molecule has 2 unspecified atom stereocenters. The standard InChI is InChI=1S/C13H24N2O/c1-15(9-10-4-2-5-10)13(16)11-6-3-7-12(14)8-11/h10-12H,2-9,14H2,1H3. The highest BCUT2D eigenvalue weighted by Gasteiger charge is 2.29. The van der Waals surface area contributed by atoms with E-state index in [-0.39, 0.29) is 12.0 Å². The molecule has 0 heterocycles. The monoisotopic (exact) mass is 224 g/mol. The molecule has 2 aliphatic carbocycles. The van der Waals surface area contributed by atoms with E-state index >= 15 is 0 Å². The molecule has 0 saturated heterocycles. The predicted octanol–water partition coefficient (Wildman–Crippen LogP) is 1.76. The van der Waals surface area contributed by atoms with Gasteiger partial charge in [-0.2, -0.15) is 0 Å². The van der Waals surface area contributed by atoms with Crippen LogP contribution in [0.5, 0.6) is 0 Å². The lowest BCUT2D eigenvalue weighted by molar-refractivity contribution is -0.136. The van der Waals surface area contributed by atoms with Gasteiger partial charge >= 0.3 is 0 Å². The van der Waals surface area contributed by atoms with Crippen LogP contribution >= 0.6 is 0 Å². The van der Waals surface area contributed by atoms with Crippen LogP contribution in [0.2, 0.25) is 0 Å². The Labute approximate surface area is 98.4 Å². The molecule has 2 aliphatic rings. The molecule has 0 aromatic heterocycles. The molecule has 0 aromatic carbocycles. The van der Waals surface area contributed by atoms with E-state index in [0.29, 0.717) is 5.91 Å². The highest BCUT2D eigenvalue weighted by atomic mass is 16.2. The molecule has 2 N–H and O–H groups in total. The number of nitrogens with two attached hydrogens (primary N) is 1. The molecule has 3 nitrogen and oxygen atoms in total. The Kier molecular flexibility index (Phi) is 3.85. The SMILES string of the molecule is CN(CC1CCC1)C(=O)C1CCCC(N)C1. The van der Waals surface area contributed by atoms with Crippen LogP contribution in [0.3, 0.4) is 0 Å². The second-order valence-electron chi connectivity index (χ2n) is 5.64.